The molecule has 0 bridgehead atoms. The van der Waals surface area contributed by atoms with Crippen molar-refractivity contribution < 1.29 is 19.1 Å². The zero-order valence-corrected chi connectivity index (χ0v) is 18.8. The van der Waals surface area contributed by atoms with Crippen molar-refractivity contribution in [3.8, 4) is 11.3 Å². The number of carbonyl (C=O) groups is 2. The molecule has 0 spiro atoms. The Morgan fingerprint density at radius 3 is 3.00 bits per heavy atom. The van der Waals surface area contributed by atoms with Crippen LogP contribution in [0.5, 0.6) is 0 Å². The van der Waals surface area contributed by atoms with Gasteiger partial charge in [-0.3, -0.25) is 14.3 Å². The smallest absolute Gasteiger partial charge is 0.255 e. The standard InChI is InChI=1S/C23H22ClFN6O3/c24-15-4-1-5-16(25)21(15)17-7-18(22-19(29-17)9-26-23(22)34)28-13-8-27-30(10-13)11-20(33)31-6-2-3-14(31)12-32/h1,4-5,7-8,10,14,32H,2-3,6,9,11-12H2,(H,26,34)(H,28,29). The molecule has 1 aromatic carbocycles. The molecule has 2 aliphatic heterocycles. The van der Waals surface area contributed by atoms with Crippen LogP contribution in [0, 0.1) is 5.82 Å². The largest absolute Gasteiger partial charge is 0.394 e. The number of nitrogens with one attached hydrogen (secondary N) is 2. The summed E-state index contributed by atoms with van der Waals surface area (Å²) in [5.74, 6) is -0.924. The molecule has 9 nitrogen and oxygen atoms in total. The molecule has 2 aromatic heterocycles. The normalized spacial score (nSPS) is 17.1. The first kappa shape index (κ1) is 22.3. The molecule has 34 heavy (non-hydrogen) atoms. The van der Waals surface area contributed by atoms with Crippen molar-refractivity contribution in [3.63, 3.8) is 0 Å². The minimum atomic E-state index is -0.516. The molecule has 1 fully saturated rings. The average Bonchev–Trinajstić information content (AvgIpc) is 3.54. The van der Waals surface area contributed by atoms with Gasteiger partial charge in [0.25, 0.3) is 5.91 Å². The molecule has 3 N–H and O–H groups in total. The molecular weight excluding hydrogens is 463 g/mol. The fourth-order valence-electron chi connectivity index (χ4n) is 4.45. The first-order valence-electron chi connectivity index (χ1n) is 10.9. The van der Waals surface area contributed by atoms with Crippen molar-refractivity contribution in [2.24, 2.45) is 0 Å². The predicted molar refractivity (Wildman–Crippen MR) is 123 cm³/mol. The summed E-state index contributed by atoms with van der Waals surface area (Å²) in [5.41, 5.74) is 2.28. The molecule has 1 unspecified atom stereocenters. The minimum absolute atomic E-state index is 0.0310. The topological polar surface area (TPSA) is 112 Å². The van der Waals surface area contributed by atoms with Crippen LogP contribution in [-0.4, -0.2) is 55.8 Å². The number of nitrogens with zero attached hydrogens (tertiary/aromatic N) is 4. The maximum absolute atomic E-state index is 14.5. The van der Waals surface area contributed by atoms with Crippen molar-refractivity contribution >= 4 is 34.8 Å². The summed E-state index contributed by atoms with van der Waals surface area (Å²) in [5, 5.41) is 19.8. The molecule has 0 aliphatic carbocycles. The Balaban J connectivity index is 1.42. The van der Waals surface area contributed by atoms with Crippen molar-refractivity contribution in [2.75, 3.05) is 18.5 Å². The van der Waals surface area contributed by atoms with E-state index in [2.05, 4.69) is 20.7 Å². The fourth-order valence-corrected chi connectivity index (χ4v) is 4.71. The quantitative estimate of drug-likeness (QED) is 0.496. The number of hydrogen-bond acceptors (Lipinski definition) is 6. The molecule has 3 aromatic rings. The van der Waals surface area contributed by atoms with E-state index in [4.69, 9.17) is 11.6 Å². The highest BCUT2D eigenvalue weighted by atomic mass is 35.5. The highest BCUT2D eigenvalue weighted by Crippen LogP contribution is 2.35. The number of amides is 2. The Bertz CT molecular complexity index is 1260. The SMILES string of the molecule is O=C1NCc2nc(-c3c(F)cccc3Cl)cc(Nc3cnn(CC(=O)N4CCCC4CO)c3)c21. The number of hydrogen-bond donors (Lipinski definition) is 3. The molecule has 4 heterocycles. The second kappa shape index (κ2) is 9.03. The highest BCUT2D eigenvalue weighted by molar-refractivity contribution is 6.33. The van der Waals surface area contributed by atoms with Crippen molar-refractivity contribution in [1.29, 1.82) is 0 Å². The summed E-state index contributed by atoms with van der Waals surface area (Å²) >= 11 is 6.23. The number of carbonyl (C=O) groups excluding carboxylic acids is 2. The summed E-state index contributed by atoms with van der Waals surface area (Å²) in [6.45, 7) is 0.818. The van der Waals surface area contributed by atoms with Gasteiger partial charge in [0.15, 0.2) is 0 Å². The van der Waals surface area contributed by atoms with Crippen LogP contribution in [0.2, 0.25) is 5.02 Å². The van der Waals surface area contributed by atoms with Crippen LogP contribution in [0.15, 0.2) is 36.7 Å². The van der Waals surface area contributed by atoms with Gasteiger partial charge < -0.3 is 20.6 Å². The van der Waals surface area contributed by atoms with Crippen molar-refractivity contribution in [3.05, 3.63) is 58.8 Å². The van der Waals surface area contributed by atoms with Gasteiger partial charge in [0.05, 0.1) is 64.3 Å². The zero-order valence-electron chi connectivity index (χ0n) is 18.1. The number of benzene rings is 1. The lowest BCUT2D eigenvalue weighted by Gasteiger charge is -2.22. The fraction of sp³-hybridized carbons (Fsp3) is 0.304. The van der Waals surface area contributed by atoms with E-state index in [0.29, 0.717) is 34.9 Å². The summed E-state index contributed by atoms with van der Waals surface area (Å²) in [4.78, 5) is 31.2. The maximum atomic E-state index is 14.5. The Morgan fingerprint density at radius 2 is 2.21 bits per heavy atom. The monoisotopic (exact) mass is 484 g/mol. The molecule has 11 heteroatoms. The van der Waals surface area contributed by atoms with Crippen LogP contribution < -0.4 is 10.6 Å². The predicted octanol–water partition coefficient (Wildman–Crippen LogP) is 2.71. The van der Waals surface area contributed by atoms with Gasteiger partial charge in [-0.15, -0.1) is 0 Å². The summed E-state index contributed by atoms with van der Waals surface area (Å²) in [6.07, 6.45) is 4.84. The van der Waals surface area contributed by atoms with E-state index in [1.165, 1.54) is 23.0 Å². The number of pyridine rings is 1. The van der Waals surface area contributed by atoms with Gasteiger partial charge in [-0.2, -0.15) is 5.10 Å². The molecule has 176 valence electrons. The summed E-state index contributed by atoms with van der Waals surface area (Å²) in [7, 11) is 0. The Morgan fingerprint density at radius 1 is 1.35 bits per heavy atom. The molecule has 0 saturated carbocycles. The van der Waals surface area contributed by atoms with Crippen LogP contribution in [0.4, 0.5) is 15.8 Å². The molecule has 2 amide bonds. The van der Waals surface area contributed by atoms with E-state index < -0.39 is 5.82 Å². The van der Waals surface area contributed by atoms with E-state index in [9.17, 15) is 19.1 Å². The lowest BCUT2D eigenvalue weighted by molar-refractivity contribution is -0.133. The Labute approximate surface area is 199 Å². The highest BCUT2D eigenvalue weighted by Gasteiger charge is 2.29. The van der Waals surface area contributed by atoms with Crippen LogP contribution in [0.25, 0.3) is 11.3 Å². The van der Waals surface area contributed by atoms with E-state index >= 15 is 0 Å². The van der Waals surface area contributed by atoms with Crippen LogP contribution in [0.1, 0.15) is 28.9 Å². The van der Waals surface area contributed by atoms with Gasteiger partial charge >= 0.3 is 0 Å². The van der Waals surface area contributed by atoms with Gasteiger partial charge in [0, 0.05) is 12.7 Å². The van der Waals surface area contributed by atoms with Gasteiger partial charge in [0.1, 0.15) is 12.4 Å². The first-order chi connectivity index (χ1) is 16.4. The van der Waals surface area contributed by atoms with Gasteiger partial charge in [-0.25, -0.2) is 9.37 Å². The number of aromatic nitrogens is 3. The van der Waals surface area contributed by atoms with Crippen molar-refractivity contribution in [2.45, 2.75) is 32.0 Å². The van der Waals surface area contributed by atoms with Gasteiger partial charge in [-0.05, 0) is 31.0 Å². The summed E-state index contributed by atoms with van der Waals surface area (Å²) < 4.78 is 16.0. The van der Waals surface area contributed by atoms with Crippen LogP contribution >= 0.6 is 11.6 Å². The van der Waals surface area contributed by atoms with Gasteiger partial charge in [-0.1, -0.05) is 17.7 Å². The second-order valence-electron chi connectivity index (χ2n) is 8.27. The van der Waals surface area contributed by atoms with Crippen LogP contribution in [-0.2, 0) is 17.9 Å². The second-order valence-corrected chi connectivity index (χ2v) is 8.68. The number of fused-ring (bicyclic) bond motifs is 1. The third-order valence-corrected chi connectivity index (χ3v) is 6.39. The maximum Gasteiger partial charge on any atom is 0.255 e. The van der Waals surface area contributed by atoms with E-state index in [1.807, 2.05) is 0 Å². The number of aliphatic hydroxyl groups is 1. The minimum Gasteiger partial charge on any atom is -0.394 e. The number of aliphatic hydroxyl groups excluding tert-OH is 1. The Kier molecular flexibility index (Phi) is 5.93. The number of likely N-dealkylation sites (tertiary alicyclic amines) is 1. The van der Waals surface area contributed by atoms with Crippen LogP contribution in [0.3, 0.4) is 0 Å². The number of halogens is 2. The number of rotatable bonds is 6. The van der Waals surface area contributed by atoms with E-state index in [-0.39, 0.29) is 48.1 Å². The Hall–Kier alpha value is -3.50. The average molecular weight is 485 g/mol. The third kappa shape index (κ3) is 4.10. The molecule has 2 aliphatic rings. The van der Waals surface area contributed by atoms with E-state index in [0.717, 1.165) is 12.8 Å². The molecule has 0 radical (unpaired) electrons. The molecule has 5 rings (SSSR count). The van der Waals surface area contributed by atoms with Gasteiger partial charge in [0.2, 0.25) is 5.91 Å². The first-order valence-corrected chi connectivity index (χ1v) is 11.3. The number of anilines is 2. The molecular formula is C23H22ClFN6O3. The molecule has 1 atom stereocenters. The zero-order chi connectivity index (χ0) is 23.8. The third-order valence-electron chi connectivity index (χ3n) is 6.07. The van der Waals surface area contributed by atoms with E-state index in [1.54, 1.807) is 23.2 Å². The van der Waals surface area contributed by atoms with Crippen molar-refractivity contribution in [1.82, 2.24) is 25.0 Å². The lowest BCUT2D eigenvalue weighted by atomic mass is 10.1. The summed E-state index contributed by atoms with van der Waals surface area (Å²) in [6, 6.07) is 5.82. The molecule has 1 saturated heterocycles. The lowest BCUT2D eigenvalue weighted by Crippen LogP contribution is -2.39.